The van der Waals surface area contributed by atoms with Crippen molar-refractivity contribution in [3.8, 4) is 0 Å². The Bertz CT molecular complexity index is 1320. The van der Waals surface area contributed by atoms with Gasteiger partial charge in [-0.25, -0.2) is 14.2 Å². The third-order valence-electron chi connectivity index (χ3n) is 6.67. The molecule has 2 aromatic carbocycles. The fourth-order valence-electron chi connectivity index (χ4n) is 4.63. The molecule has 1 aliphatic heterocycles. The van der Waals surface area contributed by atoms with Crippen molar-refractivity contribution in [2.75, 3.05) is 31.5 Å². The Balaban J connectivity index is 1.07. The van der Waals surface area contributed by atoms with E-state index in [1.54, 1.807) is 12.4 Å². The number of amides is 2. The molecule has 0 saturated carbocycles. The SMILES string of the molecule is O=C(NCCN1CCC(Nc2nc3ccccc3n2Cc2ccc(F)cc2)CC1)NSCc1cccnc1. The molecule has 4 aromatic rings. The number of rotatable bonds is 10. The summed E-state index contributed by atoms with van der Waals surface area (Å²) in [6, 6.07) is 18.7. The van der Waals surface area contributed by atoms with Gasteiger partial charge in [0.25, 0.3) is 0 Å². The largest absolute Gasteiger partial charge is 0.353 e. The molecule has 2 amide bonds. The molecule has 0 atom stereocenters. The van der Waals surface area contributed by atoms with Gasteiger partial charge in [0.2, 0.25) is 5.95 Å². The van der Waals surface area contributed by atoms with Gasteiger partial charge < -0.3 is 20.1 Å². The van der Waals surface area contributed by atoms with Crippen molar-refractivity contribution in [2.24, 2.45) is 0 Å². The van der Waals surface area contributed by atoms with Crippen LogP contribution in [0.1, 0.15) is 24.0 Å². The number of pyridine rings is 1. The number of benzene rings is 2. The van der Waals surface area contributed by atoms with E-state index in [4.69, 9.17) is 4.98 Å². The number of halogens is 1. The molecular weight excluding hydrogens is 501 g/mol. The maximum absolute atomic E-state index is 13.4. The van der Waals surface area contributed by atoms with Crippen molar-refractivity contribution in [1.29, 1.82) is 0 Å². The van der Waals surface area contributed by atoms with Crippen LogP contribution in [0.5, 0.6) is 0 Å². The van der Waals surface area contributed by atoms with Crippen molar-refractivity contribution >= 4 is 35.0 Å². The molecule has 5 rings (SSSR count). The highest BCUT2D eigenvalue weighted by molar-refractivity contribution is 7.97. The van der Waals surface area contributed by atoms with E-state index in [1.807, 2.05) is 42.5 Å². The zero-order valence-electron chi connectivity index (χ0n) is 21.1. The van der Waals surface area contributed by atoms with Crippen LogP contribution in [-0.2, 0) is 12.3 Å². The predicted octanol–water partition coefficient (Wildman–Crippen LogP) is 4.64. The summed E-state index contributed by atoms with van der Waals surface area (Å²) in [6.45, 7) is 3.95. The minimum absolute atomic E-state index is 0.171. The monoisotopic (exact) mass is 533 g/mol. The lowest BCUT2D eigenvalue weighted by Gasteiger charge is -2.32. The molecule has 0 aliphatic carbocycles. The molecule has 3 N–H and O–H groups in total. The summed E-state index contributed by atoms with van der Waals surface area (Å²) in [5, 5.41) is 6.60. The van der Waals surface area contributed by atoms with Gasteiger partial charge in [-0.2, -0.15) is 0 Å². The van der Waals surface area contributed by atoms with Crippen molar-refractivity contribution in [3.05, 3.63) is 90.0 Å². The molecule has 1 fully saturated rings. The Morgan fingerprint density at radius 2 is 1.84 bits per heavy atom. The van der Waals surface area contributed by atoms with Crippen LogP contribution in [-0.4, -0.2) is 57.7 Å². The summed E-state index contributed by atoms with van der Waals surface area (Å²) in [7, 11) is 0. The molecular formula is C28H32FN7OS. The number of likely N-dealkylation sites (tertiary alicyclic amines) is 1. The van der Waals surface area contributed by atoms with E-state index in [2.05, 4.69) is 35.9 Å². The number of anilines is 1. The quantitative estimate of drug-likeness (QED) is 0.258. The lowest BCUT2D eigenvalue weighted by Crippen LogP contribution is -2.43. The molecule has 1 aliphatic rings. The normalized spacial score (nSPS) is 14.4. The number of aromatic nitrogens is 3. The van der Waals surface area contributed by atoms with Gasteiger partial charge in [0.05, 0.1) is 17.6 Å². The van der Waals surface area contributed by atoms with Crippen LogP contribution in [0.15, 0.2) is 73.1 Å². The summed E-state index contributed by atoms with van der Waals surface area (Å²) in [5.74, 6) is 1.29. The number of fused-ring (bicyclic) bond motifs is 1. The second-order valence-electron chi connectivity index (χ2n) is 9.40. The van der Waals surface area contributed by atoms with Crippen LogP contribution in [0.25, 0.3) is 11.0 Å². The second kappa shape index (κ2) is 12.7. The third kappa shape index (κ3) is 7.02. The molecule has 0 unspecified atom stereocenters. The molecule has 3 heterocycles. The van der Waals surface area contributed by atoms with E-state index in [-0.39, 0.29) is 11.8 Å². The minimum atomic E-state index is -0.232. The number of piperidine rings is 1. The molecule has 0 spiro atoms. The van der Waals surface area contributed by atoms with Gasteiger partial charge >= 0.3 is 6.03 Å². The molecule has 0 radical (unpaired) electrons. The van der Waals surface area contributed by atoms with E-state index in [9.17, 15) is 9.18 Å². The number of hydrogen-bond acceptors (Lipinski definition) is 6. The second-order valence-corrected chi connectivity index (χ2v) is 10.2. The summed E-state index contributed by atoms with van der Waals surface area (Å²) >= 11 is 1.36. The van der Waals surface area contributed by atoms with Crippen LogP contribution in [0.2, 0.25) is 0 Å². The fraction of sp³-hybridized carbons (Fsp3) is 0.321. The lowest BCUT2D eigenvalue weighted by atomic mass is 10.1. The number of carbonyl (C=O) groups excluding carboxylic acids is 1. The van der Waals surface area contributed by atoms with Crippen molar-refractivity contribution in [1.82, 2.24) is 29.5 Å². The Hall–Kier alpha value is -3.63. The van der Waals surface area contributed by atoms with Gasteiger partial charge in [-0.15, -0.1) is 0 Å². The van der Waals surface area contributed by atoms with Crippen LogP contribution < -0.4 is 15.4 Å². The Labute approximate surface area is 226 Å². The van der Waals surface area contributed by atoms with E-state index in [0.717, 1.165) is 60.6 Å². The van der Waals surface area contributed by atoms with Crippen LogP contribution in [0.4, 0.5) is 15.1 Å². The average Bonchev–Trinajstić information content (AvgIpc) is 3.28. The van der Waals surface area contributed by atoms with Crippen molar-refractivity contribution < 1.29 is 9.18 Å². The fourth-order valence-corrected chi connectivity index (χ4v) is 5.25. The van der Waals surface area contributed by atoms with Gasteiger partial charge in [-0.3, -0.25) is 9.71 Å². The number of urea groups is 1. The topological polar surface area (TPSA) is 87.1 Å². The van der Waals surface area contributed by atoms with Crippen molar-refractivity contribution in [3.63, 3.8) is 0 Å². The molecule has 10 heteroatoms. The molecule has 38 heavy (non-hydrogen) atoms. The first kappa shape index (κ1) is 26.0. The first-order valence-electron chi connectivity index (χ1n) is 12.9. The average molecular weight is 534 g/mol. The highest BCUT2D eigenvalue weighted by atomic mass is 32.2. The maximum atomic E-state index is 13.4. The summed E-state index contributed by atoms with van der Waals surface area (Å²) in [4.78, 5) is 23.4. The third-order valence-corrected chi connectivity index (χ3v) is 7.48. The van der Waals surface area contributed by atoms with Crippen LogP contribution in [0.3, 0.4) is 0 Å². The molecule has 0 bridgehead atoms. The highest BCUT2D eigenvalue weighted by Crippen LogP contribution is 2.24. The van der Waals surface area contributed by atoms with Crippen LogP contribution in [0, 0.1) is 5.82 Å². The van der Waals surface area contributed by atoms with E-state index < -0.39 is 0 Å². The number of para-hydroxylation sites is 2. The first-order valence-corrected chi connectivity index (χ1v) is 13.9. The van der Waals surface area contributed by atoms with Gasteiger partial charge in [0.1, 0.15) is 5.82 Å². The zero-order valence-corrected chi connectivity index (χ0v) is 22.0. The first-order chi connectivity index (χ1) is 18.6. The van der Waals surface area contributed by atoms with Gasteiger partial charge in [0, 0.05) is 50.4 Å². The predicted molar refractivity (Wildman–Crippen MR) is 150 cm³/mol. The summed E-state index contributed by atoms with van der Waals surface area (Å²) in [6.07, 6.45) is 5.52. The summed E-state index contributed by atoms with van der Waals surface area (Å²) in [5.41, 5.74) is 4.09. The summed E-state index contributed by atoms with van der Waals surface area (Å²) < 4.78 is 18.4. The molecule has 8 nitrogen and oxygen atoms in total. The molecule has 2 aromatic heterocycles. The number of nitrogens with one attached hydrogen (secondary N) is 3. The Morgan fingerprint density at radius 1 is 1.03 bits per heavy atom. The number of nitrogens with zero attached hydrogens (tertiary/aromatic N) is 4. The van der Waals surface area contributed by atoms with Crippen molar-refractivity contribution in [2.45, 2.75) is 31.2 Å². The number of carbonyl (C=O) groups is 1. The number of hydrogen-bond donors (Lipinski definition) is 3. The Morgan fingerprint density at radius 3 is 2.63 bits per heavy atom. The smallest absolute Gasteiger partial charge is 0.324 e. The molecule has 198 valence electrons. The van der Waals surface area contributed by atoms with Gasteiger partial charge in [-0.05, 0) is 66.2 Å². The number of imidazole rings is 1. The lowest BCUT2D eigenvalue weighted by molar-refractivity contribution is 0.215. The van der Waals surface area contributed by atoms with Gasteiger partial charge in [0.15, 0.2) is 0 Å². The van der Waals surface area contributed by atoms with Crippen LogP contribution >= 0.6 is 11.9 Å². The minimum Gasteiger partial charge on any atom is -0.353 e. The van der Waals surface area contributed by atoms with E-state index in [1.165, 1.54) is 24.1 Å². The van der Waals surface area contributed by atoms with E-state index in [0.29, 0.717) is 24.9 Å². The van der Waals surface area contributed by atoms with E-state index >= 15 is 0 Å². The standard InChI is InChI=1S/C28H32FN7OS/c29-23-9-7-21(8-10-23)19-36-26-6-2-1-5-25(26)33-27(36)32-24-11-15-35(16-12-24)17-14-31-28(37)34-38-20-22-4-3-13-30-18-22/h1-10,13,18,24H,11-12,14-17,19-20H2,(H,32,33)(H2,31,34,37). The zero-order chi connectivity index (χ0) is 26.2. The maximum Gasteiger partial charge on any atom is 0.324 e. The molecule has 1 saturated heterocycles. The highest BCUT2D eigenvalue weighted by Gasteiger charge is 2.21. The Kier molecular flexibility index (Phi) is 8.72. The van der Waals surface area contributed by atoms with Gasteiger partial charge in [-0.1, -0.05) is 30.3 Å².